The molecule has 1 saturated carbocycles. The minimum Gasteiger partial charge on any atom is -0.498 e. The summed E-state index contributed by atoms with van der Waals surface area (Å²) < 4.78 is 23.1. The van der Waals surface area contributed by atoms with E-state index in [1.54, 1.807) is 0 Å². The van der Waals surface area contributed by atoms with Gasteiger partial charge in [0.1, 0.15) is 36.6 Å². The Morgan fingerprint density at radius 1 is 0.964 bits per heavy atom. The average molecular weight is 388 g/mol. The Bertz CT molecular complexity index is 921. The van der Waals surface area contributed by atoms with E-state index < -0.39 is 54.1 Å². The van der Waals surface area contributed by atoms with Crippen molar-refractivity contribution in [2.24, 2.45) is 17.3 Å². The van der Waals surface area contributed by atoms with E-state index in [4.69, 9.17) is 18.9 Å². The van der Waals surface area contributed by atoms with Crippen molar-refractivity contribution < 1.29 is 38.7 Å². The second-order valence-corrected chi connectivity index (χ2v) is 9.09. The van der Waals surface area contributed by atoms with Crippen molar-refractivity contribution in [2.45, 2.75) is 68.8 Å². The van der Waals surface area contributed by atoms with E-state index in [2.05, 4.69) is 0 Å². The Kier molecular flexibility index (Phi) is 2.67. The van der Waals surface area contributed by atoms with E-state index in [0.29, 0.717) is 16.7 Å². The highest BCUT2D eigenvalue weighted by Gasteiger charge is 2.78. The summed E-state index contributed by atoms with van der Waals surface area (Å²) >= 11 is 0. The van der Waals surface area contributed by atoms with Gasteiger partial charge in [-0.3, -0.25) is 9.59 Å². The topological polar surface area (TPSA) is 118 Å². The largest absolute Gasteiger partial charge is 0.498 e. The molecule has 8 rings (SSSR count). The third-order valence-electron chi connectivity index (χ3n) is 8.00. The van der Waals surface area contributed by atoms with Crippen molar-refractivity contribution in [3.63, 3.8) is 0 Å². The fourth-order valence-electron chi connectivity index (χ4n) is 6.86. The predicted octanol–water partition coefficient (Wildman–Crippen LogP) is -0.973. The maximum Gasteiger partial charge on any atom is 0.190 e. The lowest BCUT2D eigenvalue weighted by atomic mass is 9.45. The smallest absolute Gasteiger partial charge is 0.190 e. The Labute approximate surface area is 160 Å². The summed E-state index contributed by atoms with van der Waals surface area (Å²) in [5, 5.41) is 21.8. The number of aliphatic hydroxyl groups excluding tert-OH is 2. The third-order valence-corrected chi connectivity index (χ3v) is 8.00. The van der Waals surface area contributed by atoms with Gasteiger partial charge in [-0.1, -0.05) is 0 Å². The summed E-state index contributed by atoms with van der Waals surface area (Å²) in [7, 11) is 0. The molecule has 8 heteroatoms. The van der Waals surface area contributed by atoms with Gasteiger partial charge in [-0.05, 0) is 19.4 Å². The van der Waals surface area contributed by atoms with Gasteiger partial charge in [0.15, 0.2) is 11.6 Å². The van der Waals surface area contributed by atoms with Crippen LogP contribution >= 0.6 is 0 Å². The highest BCUT2D eigenvalue weighted by Crippen LogP contribution is 2.67. The van der Waals surface area contributed by atoms with Crippen molar-refractivity contribution in [3.8, 4) is 0 Å². The number of ether oxygens (including phenoxy) is 4. The first-order valence-electron chi connectivity index (χ1n) is 9.90. The normalized spacial score (nSPS) is 60.0. The molecule has 0 amide bonds. The molecule has 5 heterocycles. The van der Waals surface area contributed by atoms with E-state index in [9.17, 15) is 19.8 Å². The average Bonchev–Trinajstić information content (AvgIpc) is 3.57. The molecule has 1 spiro atoms. The Hall–Kier alpha value is -1.58. The summed E-state index contributed by atoms with van der Waals surface area (Å²) in [5.41, 5.74) is 0.269. The van der Waals surface area contributed by atoms with Crippen LogP contribution in [0.1, 0.15) is 13.8 Å². The quantitative estimate of drug-likeness (QED) is 0.509. The molecule has 5 aliphatic heterocycles. The molecule has 4 fully saturated rings. The Morgan fingerprint density at radius 3 is 2.46 bits per heavy atom. The minimum absolute atomic E-state index is 0.113. The number of rotatable bonds is 0. The van der Waals surface area contributed by atoms with Crippen molar-refractivity contribution in [1.82, 2.24) is 0 Å². The van der Waals surface area contributed by atoms with Crippen LogP contribution in [0.25, 0.3) is 0 Å². The van der Waals surface area contributed by atoms with Crippen LogP contribution < -0.4 is 0 Å². The first kappa shape index (κ1) is 16.2. The fourth-order valence-corrected chi connectivity index (χ4v) is 6.86. The molecule has 0 aromatic heterocycles. The first-order valence-corrected chi connectivity index (χ1v) is 9.90. The van der Waals surface area contributed by atoms with Gasteiger partial charge in [-0.25, -0.2) is 0 Å². The van der Waals surface area contributed by atoms with Crippen LogP contribution in [-0.4, -0.2) is 76.7 Å². The molecule has 3 aliphatic carbocycles. The molecular formula is C20H20O8. The maximum absolute atomic E-state index is 13.7. The zero-order valence-electron chi connectivity index (χ0n) is 15.3. The van der Waals surface area contributed by atoms with Gasteiger partial charge in [0, 0.05) is 23.0 Å². The zero-order chi connectivity index (χ0) is 19.3. The Balaban J connectivity index is 1.52. The SMILES string of the molecule is CC1OC=C2[C@@H](O)[C@@H]3O[C@@H]3C(=O)[C@@]23C1[C@@H]1C2=C([C@@H](O)[C@@H]4O[C@@H]4C2=O)[C@H]3O[C@@H]1C. The van der Waals surface area contributed by atoms with Crippen LogP contribution in [0.5, 0.6) is 0 Å². The highest BCUT2D eigenvalue weighted by molar-refractivity contribution is 6.06. The molecule has 8 nitrogen and oxygen atoms in total. The predicted molar refractivity (Wildman–Crippen MR) is 88.8 cm³/mol. The molecular weight excluding hydrogens is 368 g/mol. The van der Waals surface area contributed by atoms with Gasteiger partial charge in [0.05, 0.1) is 30.0 Å². The van der Waals surface area contributed by atoms with Crippen molar-refractivity contribution in [2.75, 3.05) is 0 Å². The molecule has 2 N–H and O–H groups in total. The lowest BCUT2D eigenvalue weighted by Crippen LogP contribution is -2.72. The number of hydrogen-bond acceptors (Lipinski definition) is 8. The molecule has 2 bridgehead atoms. The van der Waals surface area contributed by atoms with Gasteiger partial charge < -0.3 is 29.2 Å². The van der Waals surface area contributed by atoms with Crippen LogP contribution in [0.3, 0.4) is 0 Å². The zero-order valence-corrected chi connectivity index (χ0v) is 15.3. The second kappa shape index (κ2) is 4.60. The number of carbonyl (C=O) groups is 2. The number of fused-ring (bicyclic) bond motifs is 3. The van der Waals surface area contributed by atoms with Crippen molar-refractivity contribution in [1.29, 1.82) is 0 Å². The van der Waals surface area contributed by atoms with Crippen LogP contribution in [0, 0.1) is 17.3 Å². The second-order valence-electron chi connectivity index (χ2n) is 9.09. The van der Waals surface area contributed by atoms with E-state index in [0.717, 1.165) is 0 Å². The number of aliphatic hydroxyl groups is 2. The molecule has 0 aromatic carbocycles. The summed E-state index contributed by atoms with van der Waals surface area (Å²) in [4.78, 5) is 26.7. The minimum atomic E-state index is -1.19. The lowest BCUT2D eigenvalue weighted by Gasteiger charge is -2.63. The standard InChI is InChI=1S/C20H20O8/c1-4-7-8-9(13(23)16-15(27-16)12(8)22)19(26-4)20-6(3-25-5(2)10(7)20)11(21)14-17(28-14)18(20)24/h3-5,7,10-11,13-17,19,21,23H,1-2H3/t4-,5?,7+,10?,11-,13-,14+,15-,16+,17+,19-,20+/m1/s1. The summed E-state index contributed by atoms with van der Waals surface area (Å²) in [6.07, 6.45) is -4.40. The van der Waals surface area contributed by atoms with Gasteiger partial charge >= 0.3 is 0 Å². The van der Waals surface area contributed by atoms with E-state index in [-0.39, 0.29) is 29.7 Å². The van der Waals surface area contributed by atoms with Gasteiger partial charge in [-0.15, -0.1) is 0 Å². The number of hydrogen-bond donors (Lipinski definition) is 2. The third kappa shape index (κ3) is 1.47. The van der Waals surface area contributed by atoms with Crippen LogP contribution in [-0.2, 0) is 28.5 Å². The van der Waals surface area contributed by atoms with Crippen LogP contribution in [0.4, 0.5) is 0 Å². The number of Topliss-reactive ketones (excluding diaryl/α,β-unsaturated/α-hetero) is 2. The van der Waals surface area contributed by atoms with Gasteiger partial charge in [0.25, 0.3) is 0 Å². The number of carbonyl (C=O) groups excluding carboxylic acids is 2. The molecule has 8 aliphatic rings. The van der Waals surface area contributed by atoms with Gasteiger partial charge in [-0.2, -0.15) is 0 Å². The number of ketones is 2. The van der Waals surface area contributed by atoms with E-state index >= 15 is 0 Å². The number of epoxide rings is 2. The highest BCUT2D eigenvalue weighted by atomic mass is 16.6. The summed E-state index contributed by atoms with van der Waals surface area (Å²) in [6.45, 7) is 3.77. The fraction of sp³-hybridized carbons (Fsp3) is 0.700. The molecule has 0 radical (unpaired) electrons. The van der Waals surface area contributed by atoms with Crippen molar-refractivity contribution >= 4 is 11.6 Å². The molecule has 12 atom stereocenters. The molecule has 148 valence electrons. The monoisotopic (exact) mass is 388 g/mol. The molecule has 28 heavy (non-hydrogen) atoms. The van der Waals surface area contributed by atoms with Crippen molar-refractivity contribution in [3.05, 3.63) is 23.0 Å². The Morgan fingerprint density at radius 2 is 1.68 bits per heavy atom. The van der Waals surface area contributed by atoms with Crippen LogP contribution in [0.2, 0.25) is 0 Å². The molecule has 2 unspecified atom stereocenters. The molecule has 3 saturated heterocycles. The lowest BCUT2D eigenvalue weighted by molar-refractivity contribution is -0.210. The summed E-state index contributed by atoms with van der Waals surface area (Å²) in [5.74, 6) is -1.05. The molecule has 0 aromatic rings. The van der Waals surface area contributed by atoms with E-state index in [1.165, 1.54) is 6.26 Å². The van der Waals surface area contributed by atoms with Crippen LogP contribution in [0.15, 0.2) is 23.0 Å². The first-order chi connectivity index (χ1) is 13.4. The maximum atomic E-state index is 13.7. The summed E-state index contributed by atoms with van der Waals surface area (Å²) in [6, 6.07) is 0. The van der Waals surface area contributed by atoms with E-state index in [1.807, 2.05) is 13.8 Å². The van der Waals surface area contributed by atoms with Gasteiger partial charge in [0.2, 0.25) is 0 Å².